The van der Waals surface area contributed by atoms with E-state index >= 15 is 0 Å². The first-order valence-electron chi connectivity index (χ1n) is 17.6. The van der Waals surface area contributed by atoms with Gasteiger partial charge in [0.15, 0.2) is 0 Å². The van der Waals surface area contributed by atoms with Crippen LogP contribution in [-0.4, -0.2) is 37.0 Å². The number of hydrogen-bond acceptors (Lipinski definition) is 4. The minimum absolute atomic E-state index is 0.0514. The van der Waals surface area contributed by atoms with Crippen molar-refractivity contribution in [2.24, 2.45) is 0 Å². The molecule has 0 rings (SSSR count). The van der Waals surface area contributed by atoms with Crippen molar-refractivity contribution in [3.05, 3.63) is 0 Å². The second-order valence-electron chi connectivity index (χ2n) is 12.0. The molecule has 0 aromatic rings. The minimum Gasteiger partial charge on any atom is -0.463 e. The van der Waals surface area contributed by atoms with Gasteiger partial charge in [0.2, 0.25) is 0 Å². The van der Waals surface area contributed by atoms with Crippen LogP contribution < -0.4 is 0 Å². The van der Waals surface area contributed by atoms with Gasteiger partial charge in [0.05, 0.1) is 6.61 Å². The van der Waals surface area contributed by atoms with E-state index in [2.05, 4.69) is 13.8 Å². The highest BCUT2D eigenvalue weighted by atomic mass is 16.5. The van der Waals surface area contributed by atoms with Crippen molar-refractivity contribution in [1.29, 1.82) is 0 Å². The topological polar surface area (TPSA) is 55.8 Å². The lowest BCUT2D eigenvalue weighted by atomic mass is 10.0. The van der Waals surface area contributed by atoms with Gasteiger partial charge in [0.1, 0.15) is 12.7 Å². The zero-order valence-corrected chi connectivity index (χ0v) is 26.7. The van der Waals surface area contributed by atoms with E-state index in [-0.39, 0.29) is 19.2 Å². The van der Waals surface area contributed by atoms with Crippen LogP contribution in [0.1, 0.15) is 194 Å². The lowest BCUT2D eigenvalue weighted by Crippen LogP contribution is -2.24. The molecule has 0 heterocycles. The van der Waals surface area contributed by atoms with Crippen molar-refractivity contribution in [3.8, 4) is 0 Å². The fourth-order valence-electron chi connectivity index (χ4n) is 5.21. The fraction of sp³-hybridized carbons (Fsp3) is 0.971. The summed E-state index contributed by atoms with van der Waals surface area (Å²) in [6.07, 6.45) is 35.5. The lowest BCUT2D eigenvalue weighted by molar-refractivity contribution is -0.147. The number of aliphatic hydroxyl groups is 1. The molecule has 4 nitrogen and oxygen atoms in total. The summed E-state index contributed by atoms with van der Waals surface area (Å²) in [4.78, 5) is 11.9. The summed E-state index contributed by atoms with van der Waals surface area (Å²) in [5, 5.41) is 9.99. The molecule has 39 heavy (non-hydrogen) atoms. The van der Waals surface area contributed by atoms with E-state index in [1.54, 1.807) is 0 Å². The summed E-state index contributed by atoms with van der Waals surface area (Å²) in [6, 6.07) is 0. The van der Waals surface area contributed by atoms with Gasteiger partial charge in [-0.25, -0.2) is 0 Å². The van der Waals surface area contributed by atoms with Gasteiger partial charge in [-0.2, -0.15) is 0 Å². The molecule has 0 spiro atoms. The van der Waals surface area contributed by atoms with Crippen molar-refractivity contribution >= 4 is 5.97 Å². The van der Waals surface area contributed by atoms with Gasteiger partial charge in [0.25, 0.3) is 0 Å². The van der Waals surface area contributed by atoms with E-state index < -0.39 is 6.10 Å². The summed E-state index contributed by atoms with van der Waals surface area (Å²) >= 11 is 0. The van der Waals surface area contributed by atoms with Crippen molar-refractivity contribution in [1.82, 2.24) is 0 Å². The van der Waals surface area contributed by atoms with Crippen molar-refractivity contribution in [2.45, 2.75) is 200 Å². The van der Waals surface area contributed by atoms with Crippen molar-refractivity contribution in [2.75, 3.05) is 19.8 Å². The van der Waals surface area contributed by atoms with Crippen LogP contribution in [0.15, 0.2) is 0 Å². The van der Waals surface area contributed by atoms with Crippen LogP contribution in [0.4, 0.5) is 0 Å². The molecule has 0 saturated heterocycles. The molecule has 0 amide bonds. The SMILES string of the molecule is CCCCCCCCCCCCCCCCCCOC[C@@H](O)COC(=O)CCCCCCCCCCCCC. The first-order valence-corrected chi connectivity index (χ1v) is 17.6. The molecular weight excluding hydrogens is 484 g/mol. The predicted octanol–water partition coefficient (Wildman–Crippen LogP) is 10.9. The quantitative estimate of drug-likeness (QED) is 0.0647. The van der Waals surface area contributed by atoms with Gasteiger partial charge in [-0.3, -0.25) is 4.79 Å². The maximum Gasteiger partial charge on any atom is 0.305 e. The van der Waals surface area contributed by atoms with Crippen LogP contribution in [0, 0.1) is 0 Å². The van der Waals surface area contributed by atoms with Crippen LogP contribution in [0.5, 0.6) is 0 Å². The van der Waals surface area contributed by atoms with Gasteiger partial charge in [-0.05, 0) is 12.8 Å². The van der Waals surface area contributed by atoms with E-state index in [1.165, 1.54) is 154 Å². The van der Waals surface area contributed by atoms with E-state index in [9.17, 15) is 9.90 Å². The number of esters is 1. The Kier molecular flexibility index (Phi) is 33.1. The third-order valence-corrected chi connectivity index (χ3v) is 7.87. The molecule has 1 atom stereocenters. The summed E-state index contributed by atoms with van der Waals surface area (Å²) in [5.41, 5.74) is 0. The lowest BCUT2D eigenvalue weighted by Gasteiger charge is -2.12. The number of hydrogen-bond donors (Lipinski definition) is 1. The third-order valence-electron chi connectivity index (χ3n) is 7.87. The molecular formula is C35H70O4. The van der Waals surface area contributed by atoms with E-state index in [4.69, 9.17) is 9.47 Å². The van der Waals surface area contributed by atoms with Crippen molar-refractivity contribution in [3.63, 3.8) is 0 Å². The molecule has 0 fully saturated rings. The van der Waals surface area contributed by atoms with Gasteiger partial charge in [0, 0.05) is 13.0 Å². The molecule has 0 aromatic heterocycles. The first kappa shape index (κ1) is 38.4. The summed E-state index contributed by atoms with van der Waals surface area (Å²) < 4.78 is 10.8. The summed E-state index contributed by atoms with van der Waals surface area (Å²) in [7, 11) is 0. The van der Waals surface area contributed by atoms with Crippen LogP contribution >= 0.6 is 0 Å². The van der Waals surface area contributed by atoms with Crippen LogP contribution in [0.2, 0.25) is 0 Å². The molecule has 0 aliphatic heterocycles. The fourth-order valence-corrected chi connectivity index (χ4v) is 5.21. The van der Waals surface area contributed by atoms with Gasteiger partial charge in [-0.1, -0.05) is 174 Å². The Labute approximate surface area is 244 Å². The van der Waals surface area contributed by atoms with Gasteiger partial charge >= 0.3 is 5.97 Å². The highest BCUT2D eigenvalue weighted by Crippen LogP contribution is 2.14. The number of carbonyl (C=O) groups excluding carboxylic acids is 1. The largest absolute Gasteiger partial charge is 0.463 e. The van der Waals surface area contributed by atoms with Crippen LogP contribution in [0.25, 0.3) is 0 Å². The second-order valence-corrected chi connectivity index (χ2v) is 12.0. The molecule has 0 bridgehead atoms. The Bertz CT molecular complexity index is 468. The second kappa shape index (κ2) is 33.6. The Balaban J connectivity index is 3.25. The molecule has 0 radical (unpaired) electrons. The van der Waals surface area contributed by atoms with E-state index in [1.807, 2.05) is 0 Å². The molecule has 0 unspecified atom stereocenters. The smallest absolute Gasteiger partial charge is 0.305 e. The normalized spacial score (nSPS) is 12.2. The third kappa shape index (κ3) is 33.5. The molecule has 234 valence electrons. The average molecular weight is 555 g/mol. The minimum atomic E-state index is -0.715. The van der Waals surface area contributed by atoms with Gasteiger partial charge < -0.3 is 14.6 Å². The van der Waals surface area contributed by atoms with Crippen LogP contribution in [0.3, 0.4) is 0 Å². The molecule has 0 aliphatic carbocycles. The predicted molar refractivity (Wildman–Crippen MR) is 168 cm³/mol. The Morgan fingerprint density at radius 3 is 1.21 bits per heavy atom. The summed E-state index contributed by atoms with van der Waals surface area (Å²) in [5.74, 6) is -0.192. The van der Waals surface area contributed by atoms with E-state index in [0.29, 0.717) is 13.0 Å². The first-order chi connectivity index (χ1) is 19.2. The molecule has 0 saturated carbocycles. The monoisotopic (exact) mass is 555 g/mol. The highest BCUT2D eigenvalue weighted by molar-refractivity contribution is 5.69. The van der Waals surface area contributed by atoms with Crippen molar-refractivity contribution < 1.29 is 19.4 Å². The number of carbonyl (C=O) groups is 1. The number of rotatable bonds is 33. The molecule has 1 N–H and O–H groups in total. The maximum atomic E-state index is 11.9. The molecule has 4 heteroatoms. The number of aliphatic hydroxyl groups excluding tert-OH is 1. The highest BCUT2D eigenvalue weighted by Gasteiger charge is 2.09. The zero-order chi connectivity index (χ0) is 28.5. The Morgan fingerprint density at radius 2 is 0.821 bits per heavy atom. The molecule has 0 aromatic carbocycles. The number of unbranched alkanes of at least 4 members (excludes halogenated alkanes) is 25. The summed E-state index contributed by atoms with van der Waals surface area (Å²) in [6.45, 7) is 5.53. The van der Waals surface area contributed by atoms with Gasteiger partial charge in [-0.15, -0.1) is 0 Å². The maximum absolute atomic E-state index is 11.9. The standard InChI is InChI=1S/C35H70O4/c1-3-5-7-9-11-13-15-16-17-18-19-21-23-25-27-29-31-38-32-34(36)33-39-35(37)30-28-26-24-22-20-14-12-10-8-6-4-2/h34,36H,3-33H2,1-2H3/t34-/m1/s1. The number of ether oxygens (including phenoxy) is 2. The Morgan fingerprint density at radius 1 is 0.487 bits per heavy atom. The van der Waals surface area contributed by atoms with E-state index in [0.717, 1.165) is 19.3 Å². The molecule has 0 aliphatic rings. The Hall–Kier alpha value is -0.610. The zero-order valence-electron chi connectivity index (χ0n) is 26.7. The average Bonchev–Trinajstić information content (AvgIpc) is 2.94. The van der Waals surface area contributed by atoms with Crippen LogP contribution in [-0.2, 0) is 14.3 Å².